The standard InChI is InChI=1S/C18H22FN3S/c1-3-13-4-8-17(9-5-13)22-18(20)21-11-14-6-7-16(19)10-15(14)12-23-2/h4-10H,3,11-12H2,1-2H3,(H3,20,21,22). The topological polar surface area (TPSA) is 50.4 Å². The molecule has 2 rings (SSSR count). The quantitative estimate of drug-likeness (QED) is 0.617. The van der Waals surface area contributed by atoms with Gasteiger partial charge in [-0.1, -0.05) is 25.1 Å². The van der Waals surface area contributed by atoms with Crippen molar-refractivity contribution in [3.05, 3.63) is 65.0 Å². The number of hydrogen-bond acceptors (Lipinski definition) is 2. The van der Waals surface area contributed by atoms with Gasteiger partial charge in [-0.15, -0.1) is 0 Å². The van der Waals surface area contributed by atoms with Gasteiger partial charge in [-0.3, -0.25) is 0 Å². The Balaban J connectivity index is 2.03. The molecule has 0 atom stereocenters. The Morgan fingerprint density at radius 1 is 1.17 bits per heavy atom. The van der Waals surface area contributed by atoms with Crippen molar-refractivity contribution in [1.29, 1.82) is 0 Å². The van der Waals surface area contributed by atoms with Gasteiger partial charge in [0.1, 0.15) is 5.82 Å². The number of benzene rings is 2. The predicted octanol–water partition coefficient (Wildman–Crippen LogP) is 4.18. The number of anilines is 1. The van der Waals surface area contributed by atoms with Crippen LogP contribution in [0.5, 0.6) is 0 Å². The van der Waals surface area contributed by atoms with Crippen LogP contribution in [-0.2, 0) is 18.7 Å². The van der Waals surface area contributed by atoms with Crippen molar-refractivity contribution in [3.63, 3.8) is 0 Å². The van der Waals surface area contributed by atoms with Crippen molar-refractivity contribution in [3.8, 4) is 0 Å². The Hall–Kier alpha value is -2.01. The van der Waals surface area contributed by atoms with Crippen molar-refractivity contribution in [2.24, 2.45) is 10.7 Å². The highest BCUT2D eigenvalue weighted by molar-refractivity contribution is 7.97. The van der Waals surface area contributed by atoms with E-state index in [4.69, 9.17) is 5.73 Å². The molecule has 0 unspecified atom stereocenters. The minimum absolute atomic E-state index is 0.219. The zero-order chi connectivity index (χ0) is 16.7. The fourth-order valence-corrected chi connectivity index (χ4v) is 2.80. The van der Waals surface area contributed by atoms with Gasteiger partial charge in [0.25, 0.3) is 0 Å². The van der Waals surface area contributed by atoms with Crippen LogP contribution in [0.2, 0.25) is 0 Å². The first-order valence-corrected chi connectivity index (χ1v) is 8.94. The summed E-state index contributed by atoms with van der Waals surface area (Å²) in [7, 11) is 0. The highest BCUT2D eigenvalue weighted by Gasteiger charge is 2.04. The summed E-state index contributed by atoms with van der Waals surface area (Å²) < 4.78 is 13.3. The van der Waals surface area contributed by atoms with Crippen molar-refractivity contribution in [2.75, 3.05) is 11.6 Å². The molecule has 0 amide bonds. The van der Waals surface area contributed by atoms with Crippen LogP contribution in [0.4, 0.5) is 10.1 Å². The van der Waals surface area contributed by atoms with Gasteiger partial charge < -0.3 is 11.1 Å². The number of nitrogens with two attached hydrogens (primary N) is 1. The van der Waals surface area contributed by atoms with E-state index in [0.717, 1.165) is 29.0 Å². The predicted molar refractivity (Wildman–Crippen MR) is 98.4 cm³/mol. The molecule has 0 fully saturated rings. The molecule has 2 aromatic carbocycles. The molecular weight excluding hydrogens is 309 g/mol. The molecule has 0 aliphatic heterocycles. The summed E-state index contributed by atoms with van der Waals surface area (Å²) in [4.78, 5) is 4.36. The summed E-state index contributed by atoms with van der Waals surface area (Å²) in [5.41, 5.74) is 10.1. The minimum Gasteiger partial charge on any atom is -0.370 e. The van der Waals surface area contributed by atoms with Crippen LogP contribution in [0, 0.1) is 5.82 Å². The maximum atomic E-state index is 13.3. The van der Waals surface area contributed by atoms with Crippen LogP contribution >= 0.6 is 11.8 Å². The van der Waals surface area contributed by atoms with E-state index in [0.29, 0.717) is 12.5 Å². The van der Waals surface area contributed by atoms with E-state index in [2.05, 4.69) is 29.4 Å². The highest BCUT2D eigenvalue weighted by Crippen LogP contribution is 2.17. The molecule has 23 heavy (non-hydrogen) atoms. The Morgan fingerprint density at radius 2 is 1.91 bits per heavy atom. The minimum atomic E-state index is -0.219. The lowest BCUT2D eigenvalue weighted by molar-refractivity contribution is 0.625. The monoisotopic (exact) mass is 331 g/mol. The van der Waals surface area contributed by atoms with E-state index in [1.54, 1.807) is 23.9 Å². The normalized spacial score (nSPS) is 11.5. The first kappa shape index (κ1) is 17.3. The van der Waals surface area contributed by atoms with Gasteiger partial charge in [0, 0.05) is 11.4 Å². The van der Waals surface area contributed by atoms with Crippen LogP contribution in [-0.4, -0.2) is 12.2 Å². The lowest BCUT2D eigenvalue weighted by Gasteiger charge is -2.09. The number of halogens is 1. The van der Waals surface area contributed by atoms with Gasteiger partial charge in [0.2, 0.25) is 0 Å². The third-order valence-electron chi connectivity index (χ3n) is 3.52. The van der Waals surface area contributed by atoms with Gasteiger partial charge in [0.05, 0.1) is 6.54 Å². The largest absolute Gasteiger partial charge is 0.370 e. The first-order valence-electron chi connectivity index (χ1n) is 7.54. The van der Waals surface area contributed by atoms with Crippen molar-refractivity contribution < 1.29 is 4.39 Å². The third-order valence-corrected chi connectivity index (χ3v) is 4.12. The van der Waals surface area contributed by atoms with E-state index in [1.807, 2.05) is 18.4 Å². The Morgan fingerprint density at radius 3 is 2.57 bits per heavy atom. The molecule has 0 aromatic heterocycles. The summed E-state index contributed by atoms with van der Waals surface area (Å²) in [6.07, 6.45) is 3.00. The average Bonchev–Trinajstić information content (AvgIpc) is 2.55. The molecule has 3 nitrogen and oxygen atoms in total. The van der Waals surface area contributed by atoms with E-state index in [1.165, 1.54) is 11.6 Å². The molecule has 2 aromatic rings. The van der Waals surface area contributed by atoms with Crippen LogP contribution in [0.3, 0.4) is 0 Å². The van der Waals surface area contributed by atoms with Gasteiger partial charge in [-0.25, -0.2) is 9.38 Å². The molecule has 3 N–H and O–H groups in total. The third kappa shape index (κ3) is 5.28. The number of aliphatic imine (C=N–C) groups is 1. The number of nitrogens with one attached hydrogen (secondary N) is 1. The van der Waals surface area contributed by atoms with Crippen molar-refractivity contribution in [2.45, 2.75) is 25.6 Å². The molecule has 0 saturated heterocycles. The van der Waals surface area contributed by atoms with Crippen LogP contribution in [0.25, 0.3) is 0 Å². The molecule has 0 aliphatic rings. The van der Waals surface area contributed by atoms with Crippen LogP contribution < -0.4 is 11.1 Å². The maximum absolute atomic E-state index is 13.3. The molecule has 5 heteroatoms. The lowest BCUT2D eigenvalue weighted by Crippen LogP contribution is -2.22. The molecular formula is C18H22FN3S. The van der Waals surface area contributed by atoms with Crippen molar-refractivity contribution >= 4 is 23.4 Å². The first-order chi connectivity index (χ1) is 11.1. The van der Waals surface area contributed by atoms with Gasteiger partial charge in [-0.05, 0) is 53.6 Å². The van der Waals surface area contributed by atoms with Crippen LogP contribution in [0.15, 0.2) is 47.5 Å². The highest BCUT2D eigenvalue weighted by atomic mass is 32.2. The number of hydrogen-bond donors (Lipinski definition) is 2. The summed E-state index contributed by atoms with van der Waals surface area (Å²) in [6, 6.07) is 12.9. The second kappa shape index (κ2) is 8.58. The fraction of sp³-hybridized carbons (Fsp3) is 0.278. The summed E-state index contributed by atoms with van der Waals surface area (Å²) in [6.45, 7) is 2.55. The molecule has 122 valence electrons. The molecule has 0 heterocycles. The maximum Gasteiger partial charge on any atom is 0.193 e. The van der Waals surface area contributed by atoms with Gasteiger partial charge in [0.15, 0.2) is 5.96 Å². The smallest absolute Gasteiger partial charge is 0.193 e. The molecule has 0 aliphatic carbocycles. The van der Waals surface area contributed by atoms with Crippen LogP contribution in [0.1, 0.15) is 23.6 Å². The van der Waals surface area contributed by atoms with Gasteiger partial charge >= 0.3 is 0 Å². The van der Waals surface area contributed by atoms with E-state index in [9.17, 15) is 4.39 Å². The zero-order valence-electron chi connectivity index (χ0n) is 13.5. The van der Waals surface area contributed by atoms with E-state index >= 15 is 0 Å². The van der Waals surface area contributed by atoms with E-state index in [-0.39, 0.29) is 5.82 Å². The molecule has 0 saturated carbocycles. The number of rotatable bonds is 6. The number of aryl methyl sites for hydroxylation is 1. The average molecular weight is 331 g/mol. The second-order valence-corrected chi connectivity index (χ2v) is 6.09. The Kier molecular flexibility index (Phi) is 6.47. The number of nitrogens with zero attached hydrogens (tertiary/aromatic N) is 1. The second-order valence-electron chi connectivity index (χ2n) is 5.22. The number of guanidine groups is 1. The SMILES string of the molecule is CCc1ccc(NC(N)=NCc2ccc(F)cc2CSC)cc1. The van der Waals surface area contributed by atoms with Crippen molar-refractivity contribution in [1.82, 2.24) is 0 Å². The van der Waals surface area contributed by atoms with E-state index < -0.39 is 0 Å². The molecule has 0 spiro atoms. The number of thioether (sulfide) groups is 1. The fourth-order valence-electron chi connectivity index (χ4n) is 2.22. The molecule has 0 bridgehead atoms. The summed E-state index contributed by atoms with van der Waals surface area (Å²) in [5, 5.41) is 3.07. The Bertz CT molecular complexity index is 668. The summed E-state index contributed by atoms with van der Waals surface area (Å²) >= 11 is 1.66. The van der Waals surface area contributed by atoms with Gasteiger partial charge in [-0.2, -0.15) is 11.8 Å². The lowest BCUT2D eigenvalue weighted by atomic mass is 10.1. The Labute approximate surface area is 141 Å². The molecule has 0 radical (unpaired) electrons. The zero-order valence-corrected chi connectivity index (χ0v) is 14.3. The summed E-state index contributed by atoms with van der Waals surface area (Å²) in [5.74, 6) is 0.895.